The number of rotatable bonds is 4. The summed E-state index contributed by atoms with van der Waals surface area (Å²) in [5, 5.41) is 2.73. The van der Waals surface area contributed by atoms with Gasteiger partial charge in [0.05, 0.1) is 7.11 Å². The third-order valence-electron chi connectivity index (χ3n) is 2.47. The van der Waals surface area contributed by atoms with Crippen LogP contribution in [0.1, 0.15) is 17.3 Å². The molecule has 1 aromatic carbocycles. The van der Waals surface area contributed by atoms with Gasteiger partial charge in [-0.15, -0.1) is 0 Å². The lowest BCUT2D eigenvalue weighted by Gasteiger charge is -2.09. The zero-order valence-corrected chi connectivity index (χ0v) is 10.4. The lowest BCUT2D eigenvalue weighted by Crippen LogP contribution is -2.21. The molecular weight excluding hydrogens is 237 g/mol. The number of ketones is 1. The Bertz CT molecular complexity index is 491. The zero-order valence-electron chi connectivity index (χ0n) is 10.4. The molecule has 0 saturated carbocycles. The molecule has 0 spiro atoms. The van der Waals surface area contributed by atoms with Gasteiger partial charge in [0.2, 0.25) is 5.78 Å². The molecule has 1 N–H and O–H groups in total. The van der Waals surface area contributed by atoms with Crippen LogP contribution in [-0.2, 0) is 9.53 Å². The van der Waals surface area contributed by atoms with Gasteiger partial charge in [-0.2, -0.15) is 0 Å². The minimum Gasteiger partial charge on any atom is -0.465 e. The van der Waals surface area contributed by atoms with Crippen molar-refractivity contribution in [2.24, 2.45) is 0 Å². The van der Waals surface area contributed by atoms with Crippen LogP contribution >= 0.6 is 0 Å². The number of halogens is 1. The number of ether oxygens (including phenoxy) is 1. The Labute approximate surface area is 104 Å². The second kappa shape index (κ2) is 5.95. The molecule has 1 aromatic rings. The maximum Gasteiger partial charge on any atom is 0.343 e. The third kappa shape index (κ3) is 2.94. The molecule has 1 rings (SSSR count). The monoisotopic (exact) mass is 251 g/mol. The second-order valence-corrected chi connectivity index (χ2v) is 3.58. The number of Topliss-reactive ketones (excluding diaryl/α,β-unsaturated/α-hetero) is 1. The van der Waals surface area contributed by atoms with Crippen LogP contribution in [0.5, 0.6) is 0 Å². The van der Waals surface area contributed by atoms with E-state index in [1.54, 1.807) is 14.0 Å². The first-order valence-corrected chi connectivity index (χ1v) is 5.28. The van der Waals surface area contributed by atoms with E-state index >= 15 is 0 Å². The summed E-state index contributed by atoms with van der Waals surface area (Å²) >= 11 is 0. The van der Waals surface area contributed by atoms with Gasteiger partial charge in [-0.25, -0.2) is 9.18 Å². The van der Waals surface area contributed by atoms with Crippen molar-refractivity contribution < 1.29 is 18.7 Å². The number of hydrogen-bond acceptors (Lipinski definition) is 4. The first-order valence-electron chi connectivity index (χ1n) is 5.28. The van der Waals surface area contributed by atoms with Gasteiger partial charge in [-0.05, 0) is 31.2 Å². The van der Waals surface area contributed by atoms with Crippen LogP contribution in [0, 0.1) is 5.82 Å². The Morgan fingerprint density at radius 1 is 1.22 bits per heavy atom. The Morgan fingerprint density at radius 2 is 1.78 bits per heavy atom. The van der Waals surface area contributed by atoms with Crippen LogP contribution in [-0.4, -0.2) is 25.9 Å². The molecule has 0 radical (unpaired) electrons. The van der Waals surface area contributed by atoms with E-state index < -0.39 is 17.6 Å². The lowest BCUT2D eigenvalue weighted by atomic mass is 10.0. The van der Waals surface area contributed by atoms with E-state index in [1.165, 1.54) is 19.2 Å². The van der Waals surface area contributed by atoms with Crippen molar-refractivity contribution in [1.29, 1.82) is 0 Å². The maximum absolute atomic E-state index is 12.8. The first kappa shape index (κ1) is 13.9. The Balaban J connectivity index is 3.19. The summed E-state index contributed by atoms with van der Waals surface area (Å²) in [6.07, 6.45) is 0. The van der Waals surface area contributed by atoms with E-state index in [0.29, 0.717) is 5.70 Å². The molecule has 0 aromatic heterocycles. The van der Waals surface area contributed by atoms with Gasteiger partial charge >= 0.3 is 5.97 Å². The van der Waals surface area contributed by atoms with Crippen molar-refractivity contribution in [3.05, 3.63) is 46.9 Å². The van der Waals surface area contributed by atoms with Crippen LogP contribution in [0.3, 0.4) is 0 Å². The van der Waals surface area contributed by atoms with E-state index in [0.717, 1.165) is 12.1 Å². The number of benzene rings is 1. The van der Waals surface area contributed by atoms with Gasteiger partial charge in [0.15, 0.2) is 0 Å². The summed E-state index contributed by atoms with van der Waals surface area (Å²) in [7, 11) is 2.79. The maximum atomic E-state index is 12.8. The summed E-state index contributed by atoms with van der Waals surface area (Å²) in [4.78, 5) is 23.7. The molecule has 5 heteroatoms. The van der Waals surface area contributed by atoms with E-state index in [1.807, 2.05) is 0 Å². The quantitative estimate of drug-likeness (QED) is 0.291. The summed E-state index contributed by atoms with van der Waals surface area (Å²) in [6, 6.07) is 4.97. The highest BCUT2D eigenvalue weighted by Gasteiger charge is 2.23. The number of carbonyl (C=O) groups is 2. The molecule has 0 heterocycles. The molecule has 18 heavy (non-hydrogen) atoms. The van der Waals surface area contributed by atoms with Crippen molar-refractivity contribution in [3.8, 4) is 0 Å². The van der Waals surface area contributed by atoms with Crippen LogP contribution in [0.4, 0.5) is 4.39 Å². The second-order valence-electron chi connectivity index (χ2n) is 3.58. The highest BCUT2D eigenvalue weighted by Crippen LogP contribution is 2.13. The van der Waals surface area contributed by atoms with Gasteiger partial charge in [0.25, 0.3) is 0 Å². The van der Waals surface area contributed by atoms with E-state index in [-0.39, 0.29) is 11.1 Å². The minimum atomic E-state index is -0.726. The Hall–Kier alpha value is -2.17. The van der Waals surface area contributed by atoms with Crippen LogP contribution in [0.15, 0.2) is 35.5 Å². The molecule has 0 aliphatic carbocycles. The average molecular weight is 251 g/mol. The predicted octanol–water partition coefficient (Wildman–Crippen LogP) is 1.67. The molecule has 0 saturated heterocycles. The third-order valence-corrected chi connectivity index (χ3v) is 2.47. The van der Waals surface area contributed by atoms with Gasteiger partial charge in [-0.1, -0.05) is 0 Å². The van der Waals surface area contributed by atoms with E-state index in [4.69, 9.17) is 0 Å². The highest BCUT2D eigenvalue weighted by atomic mass is 19.1. The number of esters is 1. The van der Waals surface area contributed by atoms with Gasteiger partial charge in [0, 0.05) is 18.3 Å². The van der Waals surface area contributed by atoms with E-state index in [9.17, 15) is 14.0 Å². The topological polar surface area (TPSA) is 55.4 Å². The number of hydrogen-bond donors (Lipinski definition) is 1. The average Bonchev–Trinajstić information content (AvgIpc) is 2.39. The van der Waals surface area contributed by atoms with Gasteiger partial charge in [-0.3, -0.25) is 4.79 Å². The fourth-order valence-electron chi connectivity index (χ4n) is 1.39. The summed E-state index contributed by atoms with van der Waals surface area (Å²) in [6.45, 7) is 1.59. The predicted molar refractivity (Wildman–Crippen MR) is 64.5 cm³/mol. The summed E-state index contributed by atoms with van der Waals surface area (Å²) in [5.74, 6) is -1.68. The van der Waals surface area contributed by atoms with Crippen molar-refractivity contribution in [1.82, 2.24) is 5.32 Å². The molecule has 0 fully saturated rings. The van der Waals surface area contributed by atoms with Crippen LogP contribution < -0.4 is 5.32 Å². The number of methoxy groups -OCH3 is 1. The summed E-state index contributed by atoms with van der Waals surface area (Å²) in [5.41, 5.74) is 0.536. The SMILES string of the molecule is CN/C(C)=C(\C(=O)OC)C(=O)c1ccc(F)cc1. The van der Waals surface area contributed by atoms with Crippen molar-refractivity contribution >= 4 is 11.8 Å². The Kier molecular flexibility index (Phi) is 4.59. The number of nitrogens with one attached hydrogen (secondary N) is 1. The molecular formula is C13H14FNO3. The largest absolute Gasteiger partial charge is 0.465 e. The first-order chi connectivity index (χ1) is 8.51. The summed E-state index contributed by atoms with van der Waals surface area (Å²) < 4.78 is 17.3. The smallest absolute Gasteiger partial charge is 0.343 e. The van der Waals surface area contributed by atoms with E-state index in [2.05, 4.69) is 10.1 Å². The fraction of sp³-hybridized carbons (Fsp3) is 0.231. The molecule has 0 bridgehead atoms. The van der Waals surface area contributed by atoms with Crippen LogP contribution in [0.25, 0.3) is 0 Å². The molecule has 0 aliphatic heterocycles. The normalized spacial score (nSPS) is 11.6. The standard InChI is InChI=1S/C13H14FNO3/c1-8(15-2)11(13(17)18-3)12(16)9-4-6-10(14)7-5-9/h4-7,15H,1-3H3/b11-8-. The highest BCUT2D eigenvalue weighted by molar-refractivity contribution is 6.24. The van der Waals surface area contributed by atoms with Crippen molar-refractivity contribution in [2.75, 3.05) is 14.2 Å². The number of carbonyl (C=O) groups excluding carboxylic acids is 2. The van der Waals surface area contributed by atoms with Crippen LogP contribution in [0.2, 0.25) is 0 Å². The molecule has 0 aliphatic rings. The molecule has 96 valence electrons. The number of allylic oxidation sites excluding steroid dienone is 1. The zero-order chi connectivity index (χ0) is 13.7. The molecule has 4 nitrogen and oxygen atoms in total. The van der Waals surface area contributed by atoms with Crippen molar-refractivity contribution in [3.63, 3.8) is 0 Å². The molecule has 0 unspecified atom stereocenters. The molecule has 0 atom stereocenters. The van der Waals surface area contributed by atoms with Gasteiger partial charge in [0.1, 0.15) is 11.4 Å². The van der Waals surface area contributed by atoms with Crippen molar-refractivity contribution in [2.45, 2.75) is 6.92 Å². The van der Waals surface area contributed by atoms with Gasteiger partial charge < -0.3 is 10.1 Å². The fourth-order valence-corrected chi connectivity index (χ4v) is 1.39. The minimum absolute atomic E-state index is 0.0911. The Morgan fingerprint density at radius 3 is 2.22 bits per heavy atom. The lowest BCUT2D eigenvalue weighted by molar-refractivity contribution is -0.135. The molecule has 0 amide bonds.